The van der Waals surface area contributed by atoms with E-state index in [9.17, 15) is 4.79 Å². The summed E-state index contributed by atoms with van der Waals surface area (Å²) in [7, 11) is 0. The fraction of sp³-hybridized carbons (Fsp3) is 0.933. The Morgan fingerprint density at radius 1 is 1.33 bits per heavy atom. The van der Waals surface area contributed by atoms with Crippen LogP contribution < -0.4 is 0 Å². The Hall–Kier alpha value is -0.240. The van der Waals surface area contributed by atoms with Crippen molar-refractivity contribution in [2.75, 3.05) is 12.4 Å². The van der Waals surface area contributed by atoms with E-state index < -0.39 is 0 Å². The fourth-order valence-corrected chi connectivity index (χ4v) is 2.71. The summed E-state index contributed by atoms with van der Waals surface area (Å²) in [4.78, 5) is 14.7. The van der Waals surface area contributed by atoms with Crippen molar-refractivity contribution in [3.05, 3.63) is 0 Å². The number of amides is 1. The first-order valence-corrected chi connectivity index (χ1v) is 8.14. The Morgan fingerprint density at radius 3 is 2.50 bits per heavy atom. The molecule has 0 spiro atoms. The predicted molar refractivity (Wildman–Crippen MR) is 78.0 cm³/mol. The van der Waals surface area contributed by atoms with Crippen molar-refractivity contribution in [2.24, 2.45) is 5.92 Å². The summed E-state index contributed by atoms with van der Waals surface area (Å²) in [6.45, 7) is 5.18. The number of hydrogen-bond acceptors (Lipinski definition) is 1. The molecule has 1 saturated carbocycles. The molecule has 3 heteroatoms. The molecule has 1 aliphatic rings. The summed E-state index contributed by atoms with van der Waals surface area (Å²) < 4.78 is 0. The molecule has 0 aromatic carbocycles. The van der Waals surface area contributed by atoms with Crippen molar-refractivity contribution in [3.63, 3.8) is 0 Å². The molecule has 0 aromatic heterocycles. The van der Waals surface area contributed by atoms with Crippen molar-refractivity contribution in [1.82, 2.24) is 4.90 Å². The zero-order valence-electron chi connectivity index (χ0n) is 12.0. The zero-order valence-corrected chi connectivity index (χ0v) is 12.7. The highest BCUT2D eigenvalue weighted by molar-refractivity contribution is 6.17. The van der Waals surface area contributed by atoms with Crippen LogP contribution in [-0.4, -0.2) is 29.3 Å². The first kappa shape index (κ1) is 15.8. The van der Waals surface area contributed by atoms with Gasteiger partial charge in [-0.25, -0.2) is 0 Å². The number of carbonyl (C=O) groups excluding carboxylic acids is 1. The summed E-state index contributed by atoms with van der Waals surface area (Å²) >= 11 is 5.78. The summed E-state index contributed by atoms with van der Waals surface area (Å²) in [5, 5.41) is 0. The van der Waals surface area contributed by atoms with Crippen LogP contribution in [0.4, 0.5) is 0 Å². The largest absolute Gasteiger partial charge is 0.339 e. The molecule has 1 aliphatic carbocycles. The molecule has 0 N–H and O–H groups in total. The third-order valence-corrected chi connectivity index (χ3v) is 4.35. The standard InChI is InChI=1S/C15H28ClNO/c1-3-5-8-13(4-2)15(18)17(12-7-11-16)14-9-6-10-14/h13-14H,3-12H2,1-2H3. The number of hydrogen-bond donors (Lipinski definition) is 0. The molecule has 1 unspecified atom stereocenters. The van der Waals surface area contributed by atoms with Gasteiger partial charge in [0.25, 0.3) is 0 Å². The van der Waals surface area contributed by atoms with E-state index in [1.54, 1.807) is 0 Å². The van der Waals surface area contributed by atoms with Crippen molar-refractivity contribution < 1.29 is 4.79 Å². The molecule has 0 aliphatic heterocycles. The van der Waals surface area contributed by atoms with E-state index in [-0.39, 0.29) is 5.92 Å². The van der Waals surface area contributed by atoms with Crippen LogP contribution in [-0.2, 0) is 4.79 Å². The average Bonchev–Trinajstić information content (AvgIpc) is 2.32. The first-order valence-electron chi connectivity index (χ1n) is 7.61. The maximum Gasteiger partial charge on any atom is 0.225 e. The van der Waals surface area contributed by atoms with Gasteiger partial charge in [0, 0.05) is 24.4 Å². The van der Waals surface area contributed by atoms with Crippen LogP contribution in [0.3, 0.4) is 0 Å². The van der Waals surface area contributed by atoms with Gasteiger partial charge in [-0.05, 0) is 38.5 Å². The quantitative estimate of drug-likeness (QED) is 0.576. The number of halogens is 1. The molecule has 1 amide bonds. The molecule has 0 aromatic rings. The topological polar surface area (TPSA) is 20.3 Å². The number of alkyl halides is 1. The molecular weight excluding hydrogens is 246 g/mol. The molecule has 18 heavy (non-hydrogen) atoms. The van der Waals surface area contributed by atoms with E-state index in [2.05, 4.69) is 18.7 Å². The lowest BCUT2D eigenvalue weighted by atomic mass is 9.89. The van der Waals surface area contributed by atoms with Gasteiger partial charge >= 0.3 is 0 Å². The Morgan fingerprint density at radius 2 is 2.06 bits per heavy atom. The van der Waals surface area contributed by atoms with Crippen molar-refractivity contribution in [2.45, 2.75) is 71.3 Å². The molecule has 0 saturated heterocycles. The van der Waals surface area contributed by atoms with Gasteiger partial charge < -0.3 is 4.90 Å². The third kappa shape index (κ3) is 4.46. The van der Waals surface area contributed by atoms with Crippen molar-refractivity contribution >= 4 is 17.5 Å². The molecule has 2 nitrogen and oxygen atoms in total. The van der Waals surface area contributed by atoms with Gasteiger partial charge in [0.1, 0.15) is 0 Å². The van der Waals surface area contributed by atoms with Crippen LogP contribution >= 0.6 is 11.6 Å². The Balaban J connectivity index is 2.54. The average molecular weight is 274 g/mol. The maximum atomic E-state index is 12.6. The molecule has 1 atom stereocenters. The lowest BCUT2D eigenvalue weighted by Gasteiger charge is -2.39. The molecule has 0 heterocycles. The lowest BCUT2D eigenvalue weighted by molar-refractivity contribution is -0.140. The number of carbonyl (C=O) groups is 1. The van der Waals surface area contributed by atoms with Crippen LogP contribution in [0.25, 0.3) is 0 Å². The van der Waals surface area contributed by atoms with E-state index in [0.29, 0.717) is 17.8 Å². The van der Waals surface area contributed by atoms with Gasteiger partial charge in [0.15, 0.2) is 0 Å². The second kappa shape index (κ2) is 8.79. The Kier molecular flexibility index (Phi) is 7.73. The highest BCUT2D eigenvalue weighted by atomic mass is 35.5. The SMILES string of the molecule is CCCCC(CC)C(=O)N(CCCCl)C1CCC1. The Labute approximate surface area is 117 Å². The van der Waals surface area contributed by atoms with E-state index in [0.717, 1.165) is 32.2 Å². The van der Waals surface area contributed by atoms with E-state index in [4.69, 9.17) is 11.6 Å². The van der Waals surface area contributed by atoms with Gasteiger partial charge in [-0.1, -0.05) is 26.7 Å². The summed E-state index contributed by atoms with van der Waals surface area (Å²) in [5.74, 6) is 1.28. The van der Waals surface area contributed by atoms with E-state index >= 15 is 0 Å². The van der Waals surface area contributed by atoms with Crippen LogP contribution in [0, 0.1) is 5.92 Å². The van der Waals surface area contributed by atoms with Gasteiger partial charge in [0.05, 0.1) is 0 Å². The van der Waals surface area contributed by atoms with Crippen LogP contribution in [0.2, 0.25) is 0 Å². The van der Waals surface area contributed by atoms with Crippen LogP contribution in [0.5, 0.6) is 0 Å². The molecular formula is C15H28ClNO. The van der Waals surface area contributed by atoms with E-state index in [1.807, 2.05) is 0 Å². The predicted octanol–water partition coefficient (Wildman–Crippen LogP) is 4.21. The molecule has 1 rings (SSSR count). The monoisotopic (exact) mass is 273 g/mol. The fourth-order valence-electron chi connectivity index (χ4n) is 2.59. The summed E-state index contributed by atoms with van der Waals surface area (Å²) in [5.41, 5.74) is 0. The maximum absolute atomic E-state index is 12.6. The van der Waals surface area contributed by atoms with Gasteiger partial charge in [-0.15, -0.1) is 11.6 Å². The van der Waals surface area contributed by atoms with Crippen molar-refractivity contribution in [1.29, 1.82) is 0 Å². The Bertz CT molecular complexity index is 241. The minimum atomic E-state index is 0.237. The minimum absolute atomic E-state index is 0.237. The van der Waals surface area contributed by atoms with Crippen LogP contribution in [0.1, 0.15) is 65.2 Å². The number of rotatable bonds is 9. The van der Waals surface area contributed by atoms with Crippen molar-refractivity contribution in [3.8, 4) is 0 Å². The van der Waals surface area contributed by atoms with Gasteiger partial charge in [0.2, 0.25) is 5.91 Å². The molecule has 1 fully saturated rings. The van der Waals surface area contributed by atoms with Gasteiger partial charge in [-0.3, -0.25) is 4.79 Å². The smallest absolute Gasteiger partial charge is 0.225 e. The first-order chi connectivity index (χ1) is 8.74. The zero-order chi connectivity index (χ0) is 13.4. The molecule has 0 bridgehead atoms. The second-order valence-corrected chi connectivity index (χ2v) is 5.78. The highest BCUT2D eigenvalue weighted by Gasteiger charge is 2.31. The third-order valence-electron chi connectivity index (χ3n) is 4.08. The second-order valence-electron chi connectivity index (χ2n) is 5.41. The number of nitrogens with zero attached hydrogens (tertiary/aromatic N) is 1. The number of unbranched alkanes of at least 4 members (excludes halogenated alkanes) is 1. The normalized spacial score (nSPS) is 17.3. The minimum Gasteiger partial charge on any atom is -0.339 e. The molecule has 0 radical (unpaired) electrons. The summed E-state index contributed by atoms with van der Waals surface area (Å²) in [6, 6.07) is 0.511. The molecule has 106 valence electrons. The lowest BCUT2D eigenvalue weighted by Crippen LogP contribution is -2.47. The highest BCUT2D eigenvalue weighted by Crippen LogP contribution is 2.28. The summed E-state index contributed by atoms with van der Waals surface area (Å²) in [6.07, 6.45) is 8.96. The van der Waals surface area contributed by atoms with E-state index in [1.165, 1.54) is 25.7 Å². The van der Waals surface area contributed by atoms with Crippen LogP contribution in [0.15, 0.2) is 0 Å². The van der Waals surface area contributed by atoms with Gasteiger partial charge in [-0.2, -0.15) is 0 Å².